The molecule has 0 aliphatic carbocycles. The standard InChI is InChI=1S/C18H25N3O3/c1-12-11-21(17(23)24-18(2,3)4)9-8-14(12)13-6-7-15(20-10-13)16(22)19-5/h6-7,10H,8-9,11H2,1-5H3,(H,19,22). The van der Waals surface area contributed by atoms with Crippen LogP contribution in [0.25, 0.3) is 5.57 Å². The van der Waals surface area contributed by atoms with E-state index in [1.165, 1.54) is 5.57 Å². The second-order valence-electron chi connectivity index (χ2n) is 6.92. The highest BCUT2D eigenvalue weighted by molar-refractivity contribution is 5.92. The monoisotopic (exact) mass is 331 g/mol. The van der Waals surface area contributed by atoms with Gasteiger partial charge < -0.3 is 15.0 Å². The van der Waals surface area contributed by atoms with Gasteiger partial charge in [0.1, 0.15) is 11.3 Å². The highest BCUT2D eigenvalue weighted by atomic mass is 16.6. The Kier molecular flexibility index (Phi) is 5.26. The van der Waals surface area contributed by atoms with E-state index in [0.717, 1.165) is 17.6 Å². The fourth-order valence-corrected chi connectivity index (χ4v) is 2.63. The Hall–Kier alpha value is -2.37. The quantitative estimate of drug-likeness (QED) is 0.904. The van der Waals surface area contributed by atoms with Crippen molar-refractivity contribution in [3.63, 3.8) is 0 Å². The molecule has 1 N–H and O–H groups in total. The second-order valence-corrected chi connectivity index (χ2v) is 6.92. The molecule has 0 saturated heterocycles. The van der Waals surface area contributed by atoms with Crippen molar-refractivity contribution in [1.82, 2.24) is 15.2 Å². The van der Waals surface area contributed by atoms with Gasteiger partial charge in [0.15, 0.2) is 0 Å². The van der Waals surface area contributed by atoms with Crippen molar-refractivity contribution in [2.75, 3.05) is 20.1 Å². The Bertz CT molecular complexity index is 657. The molecule has 0 aromatic carbocycles. The van der Waals surface area contributed by atoms with Gasteiger partial charge >= 0.3 is 6.09 Å². The molecule has 1 aliphatic heterocycles. The number of aromatic nitrogens is 1. The highest BCUT2D eigenvalue weighted by Crippen LogP contribution is 2.27. The van der Waals surface area contributed by atoms with Crippen molar-refractivity contribution in [2.24, 2.45) is 0 Å². The molecule has 2 amide bonds. The third-order valence-corrected chi connectivity index (χ3v) is 3.80. The van der Waals surface area contributed by atoms with E-state index in [-0.39, 0.29) is 12.0 Å². The minimum atomic E-state index is -0.491. The van der Waals surface area contributed by atoms with E-state index in [4.69, 9.17) is 4.74 Å². The van der Waals surface area contributed by atoms with E-state index in [9.17, 15) is 9.59 Å². The van der Waals surface area contributed by atoms with Gasteiger partial charge in [-0.1, -0.05) is 6.07 Å². The number of carbonyl (C=O) groups is 2. The van der Waals surface area contributed by atoms with Gasteiger partial charge in [0, 0.05) is 26.3 Å². The van der Waals surface area contributed by atoms with Crippen molar-refractivity contribution >= 4 is 17.6 Å². The molecular formula is C18H25N3O3. The molecule has 6 nitrogen and oxygen atoms in total. The van der Waals surface area contributed by atoms with Gasteiger partial charge in [-0.3, -0.25) is 9.78 Å². The Morgan fingerprint density at radius 1 is 1.29 bits per heavy atom. The first-order valence-electron chi connectivity index (χ1n) is 8.06. The van der Waals surface area contributed by atoms with Crippen LogP contribution < -0.4 is 5.32 Å². The van der Waals surface area contributed by atoms with E-state index in [1.807, 2.05) is 33.8 Å². The summed E-state index contributed by atoms with van der Waals surface area (Å²) in [4.78, 5) is 29.7. The van der Waals surface area contributed by atoms with Gasteiger partial charge in [0.2, 0.25) is 0 Å². The molecular weight excluding hydrogens is 306 g/mol. The number of pyridine rings is 1. The van der Waals surface area contributed by atoms with Gasteiger partial charge in [-0.05, 0) is 56.9 Å². The van der Waals surface area contributed by atoms with Crippen molar-refractivity contribution in [3.8, 4) is 0 Å². The summed E-state index contributed by atoms with van der Waals surface area (Å²) >= 11 is 0. The van der Waals surface area contributed by atoms with Gasteiger partial charge in [0.05, 0.1) is 0 Å². The van der Waals surface area contributed by atoms with E-state index < -0.39 is 5.60 Å². The number of hydrogen-bond donors (Lipinski definition) is 1. The number of carbonyl (C=O) groups excluding carboxylic acids is 2. The number of rotatable bonds is 2. The Morgan fingerprint density at radius 3 is 2.50 bits per heavy atom. The largest absolute Gasteiger partial charge is 0.444 e. The summed E-state index contributed by atoms with van der Waals surface area (Å²) in [5, 5.41) is 2.55. The molecule has 1 aromatic rings. The molecule has 1 aliphatic rings. The summed E-state index contributed by atoms with van der Waals surface area (Å²) in [5.41, 5.74) is 3.18. The molecule has 1 aromatic heterocycles. The SMILES string of the molecule is CNC(=O)c1ccc(C2=C(C)CN(C(=O)OC(C)(C)C)CC2)cn1. The number of ether oxygens (including phenoxy) is 1. The van der Waals surface area contributed by atoms with Crippen molar-refractivity contribution in [2.45, 2.75) is 39.7 Å². The van der Waals surface area contributed by atoms with E-state index in [1.54, 1.807) is 24.2 Å². The minimum absolute atomic E-state index is 0.202. The number of hydrogen-bond acceptors (Lipinski definition) is 4. The van der Waals surface area contributed by atoms with Crippen LogP contribution in [-0.2, 0) is 4.74 Å². The average Bonchev–Trinajstić information content (AvgIpc) is 2.52. The third-order valence-electron chi connectivity index (χ3n) is 3.80. The molecule has 6 heteroatoms. The van der Waals surface area contributed by atoms with Crippen LogP contribution in [0.2, 0.25) is 0 Å². The lowest BCUT2D eigenvalue weighted by molar-refractivity contribution is 0.0264. The van der Waals surface area contributed by atoms with Crippen molar-refractivity contribution < 1.29 is 14.3 Å². The zero-order chi connectivity index (χ0) is 17.9. The molecule has 0 atom stereocenters. The highest BCUT2D eigenvalue weighted by Gasteiger charge is 2.26. The summed E-state index contributed by atoms with van der Waals surface area (Å²) in [6.07, 6.45) is 2.17. The summed E-state index contributed by atoms with van der Waals surface area (Å²) in [7, 11) is 1.58. The summed E-state index contributed by atoms with van der Waals surface area (Å²) in [5.74, 6) is -0.202. The molecule has 0 radical (unpaired) electrons. The maximum Gasteiger partial charge on any atom is 0.410 e. The first kappa shape index (κ1) is 18.0. The number of amides is 2. The van der Waals surface area contributed by atoms with Crippen LogP contribution in [0.3, 0.4) is 0 Å². The van der Waals surface area contributed by atoms with Crippen molar-refractivity contribution in [1.29, 1.82) is 0 Å². The maximum absolute atomic E-state index is 12.2. The van der Waals surface area contributed by atoms with Crippen LogP contribution >= 0.6 is 0 Å². The Morgan fingerprint density at radius 2 is 2.00 bits per heavy atom. The number of nitrogens with one attached hydrogen (secondary N) is 1. The first-order chi connectivity index (χ1) is 11.2. The fraction of sp³-hybridized carbons (Fsp3) is 0.500. The van der Waals surface area contributed by atoms with Crippen LogP contribution in [0.1, 0.15) is 50.2 Å². The molecule has 0 spiro atoms. The van der Waals surface area contributed by atoms with E-state index >= 15 is 0 Å². The fourth-order valence-electron chi connectivity index (χ4n) is 2.63. The van der Waals surface area contributed by atoms with Gasteiger partial charge in [-0.25, -0.2) is 4.79 Å². The topological polar surface area (TPSA) is 71.5 Å². The lowest BCUT2D eigenvalue weighted by atomic mass is 9.95. The van der Waals surface area contributed by atoms with Crippen LogP contribution in [0.5, 0.6) is 0 Å². The molecule has 24 heavy (non-hydrogen) atoms. The summed E-state index contributed by atoms with van der Waals surface area (Å²) in [6, 6.07) is 3.62. The lowest BCUT2D eigenvalue weighted by Crippen LogP contribution is -2.40. The number of nitrogens with zero attached hydrogens (tertiary/aromatic N) is 2. The molecule has 130 valence electrons. The average molecular weight is 331 g/mol. The van der Waals surface area contributed by atoms with E-state index in [0.29, 0.717) is 18.8 Å². The minimum Gasteiger partial charge on any atom is -0.444 e. The van der Waals surface area contributed by atoms with Crippen LogP contribution in [-0.4, -0.2) is 47.6 Å². The molecule has 2 heterocycles. The predicted octanol–water partition coefficient (Wildman–Crippen LogP) is 2.86. The summed E-state index contributed by atoms with van der Waals surface area (Å²) in [6.45, 7) is 8.76. The zero-order valence-electron chi connectivity index (χ0n) is 15.0. The zero-order valence-corrected chi connectivity index (χ0v) is 15.0. The van der Waals surface area contributed by atoms with Crippen LogP contribution in [0.15, 0.2) is 23.9 Å². The smallest absolute Gasteiger partial charge is 0.410 e. The Balaban J connectivity index is 2.11. The third kappa shape index (κ3) is 4.34. The second kappa shape index (κ2) is 7.03. The molecule has 2 rings (SSSR count). The van der Waals surface area contributed by atoms with Crippen LogP contribution in [0, 0.1) is 0 Å². The van der Waals surface area contributed by atoms with Crippen LogP contribution in [0.4, 0.5) is 4.79 Å². The van der Waals surface area contributed by atoms with E-state index in [2.05, 4.69) is 10.3 Å². The van der Waals surface area contributed by atoms with Gasteiger partial charge in [0.25, 0.3) is 5.91 Å². The lowest BCUT2D eigenvalue weighted by Gasteiger charge is -2.32. The first-order valence-corrected chi connectivity index (χ1v) is 8.06. The normalized spacial score (nSPS) is 15.3. The molecule has 0 bridgehead atoms. The summed E-state index contributed by atoms with van der Waals surface area (Å²) < 4.78 is 5.43. The molecule has 0 unspecified atom stereocenters. The maximum atomic E-state index is 12.2. The molecule has 0 fully saturated rings. The Labute approximate surface area is 142 Å². The van der Waals surface area contributed by atoms with Gasteiger partial charge in [-0.2, -0.15) is 0 Å². The van der Waals surface area contributed by atoms with Gasteiger partial charge in [-0.15, -0.1) is 0 Å². The van der Waals surface area contributed by atoms with Crippen molar-refractivity contribution in [3.05, 3.63) is 35.2 Å². The molecule has 0 saturated carbocycles. The predicted molar refractivity (Wildman–Crippen MR) is 92.6 cm³/mol.